The summed E-state index contributed by atoms with van der Waals surface area (Å²) in [4.78, 5) is 0. The summed E-state index contributed by atoms with van der Waals surface area (Å²) in [6.07, 6.45) is 21.1. The van der Waals surface area contributed by atoms with Crippen LogP contribution in [0.15, 0.2) is 24.3 Å². The van der Waals surface area contributed by atoms with E-state index in [0.29, 0.717) is 0 Å². The van der Waals surface area contributed by atoms with Crippen LogP contribution in [0.4, 0.5) is 0 Å². The fraction of sp³-hybridized carbons (Fsp3) is 0.750. The highest BCUT2D eigenvalue weighted by atomic mass is 15.5. The monoisotopic (exact) mass is 248 g/mol. The van der Waals surface area contributed by atoms with Crippen molar-refractivity contribution in [3.63, 3.8) is 0 Å². The van der Waals surface area contributed by atoms with Gasteiger partial charge in [0.2, 0.25) is 0 Å². The molecule has 0 saturated carbocycles. The average Bonchev–Trinajstić information content (AvgIpc) is 2.61. The fourth-order valence-electron chi connectivity index (χ4n) is 2.93. The summed E-state index contributed by atoms with van der Waals surface area (Å²) in [6.45, 7) is 2.31. The van der Waals surface area contributed by atoms with Crippen LogP contribution in [0.2, 0.25) is 0 Å². The third-order valence-corrected chi connectivity index (χ3v) is 3.99. The minimum absolute atomic E-state index is 0.753. The van der Waals surface area contributed by atoms with E-state index >= 15 is 0 Å². The first-order chi connectivity index (χ1) is 8.97. The molecule has 2 aliphatic rings. The molecule has 102 valence electrons. The maximum Gasteiger partial charge on any atom is 0.0243 e. The Morgan fingerprint density at radius 2 is 1.39 bits per heavy atom. The van der Waals surface area contributed by atoms with Gasteiger partial charge in [-0.3, -0.25) is 5.43 Å². The molecule has 0 aromatic rings. The van der Waals surface area contributed by atoms with E-state index in [1.165, 1.54) is 64.3 Å². The van der Waals surface area contributed by atoms with Crippen molar-refractivity contribution in [2.24, 2.45) is 0 Å². The van der Waals surface area contributed by atoms with Crippen LogP contribution < -0.4 is 5.43 Å². The number of hydrogen-bond acceptors (Lipinski definition) is 2. The van der Waals surface area contributed by atoms with Gasteiger partial charge in [0.15, 0.2) is 0 Å². The van der Waals surface area contributed by atoms with Crippen molar-refractivity contribution in [1.29, 1.82) is 0 Å². The standard InChI is InChI=1S/C16H28N2/c1-2-5-9-13-16(12-8-4-1)18-15-11-7-3-6-10-14-17-18/h1-3,6,16-17H,4-5,7-15H2. The number of hydrogen-bond donors (Lipinski definition) is 1. The number of rotatable bonds is 1. The normalized spacial score (nSPS) is 25.6. The van der Waals surface area contributed by atoms with Crippen molar-refractivity contribution in [2.75, 3.05) is 13.1 Å². The van der Waals surface area contributed by atoms with E-state index in [9.17, 15) is 0 Å². The Bertz CT molecular complexity index is 218. The smallest absolute Gasteiger partial charge is 0.0243 e. The van der Waals surface area contributed by atoms with E-state index in [2.05, 4.69) is 34.7 Å². The molecule has 0 radical (unpaired) electrons. The Morgan fingerprint density at radius 1 is 0.778 bits per heavy atom. The van der Waals surface area contributed by atoms with Gasteiger partial charge >= 0.3 is 0 Å². The summed E-state index contributed by atoms with van der Waals surface area (Å²) in [5.74, 6) is 0. The molecule has 2 heteroatoms. The molecule has 0 fully saturated rings. The fourth-order valence-corrected chi connectivity index (χ4v) is 2.93. The Morgan fingerprint density at radius 3 is 2.11 bits per heavy atom. The van der Waals surface area contributed by atoms with Gasteiger partial charge in [-0.15, -0.1) is 0 Å². The maximum absolute atomic E-state index is 3.66. The quantitative estimate of drug-likeness (QED) is 0.710. The highest BCUT2D eigenvalue weighted by Gasteiger charge is 2.17. The molecule has 0 saturated heterocycles. The minimum atomic E-state index is 0.753. The molecule has 1 heterocycles. The summed E-state index contributed by atoms with van der Waals surface area (Å²) in [6, 6.07) is 0.753. The zero-order valence-corrected chi connectivity index (χ0v) is 11.6. The van der Waals surface area contributed by atoms with Crippen molar-refractivity contribution >= 4 is 0 Å². The zero-order chi connectivity index (χ0) is 12.5. The molecule has 0 amide bonds. The predicted octanol–water partition coefficient (Wildman–Crippen LogP) is 3.81. The average molecular weight is 248 g/mol. The van der Waals surface area contributed by atoms with Crippen LogP contribution in [-0.4, -0.2) is 24.1 Å². The Balaban J connectivity index is 1.85. The number of hydrazine groups is 1. The molecular formula is C16H28N2. The molecule has 2 nitrogen and oxygen atoms in total. The van der Waals surface area contributed by atoms with Crippen molar-refractivity contribution in [3.8, 4) is 0 Å². The zero-order valence-electron chi connectivity index (χ0n) is 11.6. The van der Waals surface area contributed by atoms with E-state index in [1.807, 2.05) is 0 Å². The molecule has 1 N–H and O–H groups in total. The second-order valence-electron chi connectivity index (χ2n) is 5.49. The van der Waals surface area contributed by atoms with Gasteiger partial charge in [0.05, 0.1) is 0 Å². The molecule has 0 spiro atoms. The van der Waals surface area contributed by atoms with Crippen LogP contribution in [0.1, 0.15) is 57.8 Å². The number of nitrogens with one attached hydrogen (secondary N) is 1. The van der Waals surface area contributed by atoms with Gasteiger partial charge in [-0.25, -0.2) is 5.01 Å². The minimum Gasteiger partial charge on any atom is -0.255 e. The van der Waals surface area contributed by atoms with Crippen LogP contribution in [0, 0.1) is 0 Å². The van der Waals surface area contributed by atoms with E-state index in [4.69, 9.17) is 0 Å². The largest absolute Gasteiger partial charge is 0.255 e. The van der Waals surface area contributed by atoms with Crippen LogP contribution in [0.3, 0.4) is 0 Å². The SMILES string of the molecule is C1=CCCCC(N2CCCC=CCCN2)CCC1. The lowest BCUT2D eigenvalue weighted by Crippen LogP contribution is -2.46. The molecule has 1 aliphatic heterocycles. The van der Waals surface area contributed by atoms with Crippen molar-refractivity contribution in [2.45, 2.75) is 63.8 Å². The molecule has 0 unspecified atom stereocenters. The first kappa shape index (κ1) is 13.8. The number of allylic oxidation sites excluding steroid dienone is 3. The lowest BCUT2D eigenvalue weighted by Gasteiger charge is -2.32. The lowest BCUT2D eigenvalue weighted by atomic mass is 10.0. The van der Waals surface area contributed by atoms with E-state index in [0.717, 1.165) is 12.6 Å². The second kappa shape index (κ2) is 8.49. The van der Waals surface area contributed by atoms with Gasteiger partial charge in [0.25, 0.3) is 0 Å². The Labute approximate surface area is 112 Å². The lowest BCUT2D eigenvalue weighted by molar-refractivity contribution is 0.108. The topological polar surface area (TPSA) is 15.3 Å². The molecule has 0 aromatic heterocycles. The summed E-state index contributed by atoms with van der Waals surface area (Å²) < 4.78 is 0. The first-order valence-corrected chi connectivity index (χ1v) is 7.77. The predicted molar refractivity (Wildman–Crippen MR) is 78.3 cm³/mol. The summed E-state index contributed by atoms with van der Waals surface area (Å²) >= 11 is 0. The third kappa shape index (κ3) is 4.95. The van der Waals surface area contributed by atoms with E-state index < -0.39 is 0 Å². The van der Waals surface area contributed by atoms with Gasteiger partial charge in [-0.2, -0.15) is 0 Å². The van der Waals surface area contributed by atoms with Gasteiger partial charge in [0.1, 0.15) is 0 Å². The highest BCUT2D eigenvalue weighted by Crippen LogP contribution is 2.18. The van der Waals surface area contributed by atoms with Crippen molar-refractivity contribution in [3.05, 3.63) is 24.3 Å². The Hall–Kier alpha value is -0.600. The van der Waals surface area contributed by atoms with Crippen molar-refractivity contribution in [1.82, 2.24) is 10.4 Å². The second-order valence-corrected chi connectivity index (χ2v) is 5.49. The molecular weight excluding hydrogens is 220 g/mol. The van der Waals surface area contributed by atoms with E-state index in [-0.39, 0.29) is 0 Å². The highest BCUT2D eigenvalue weighted by molar-refractivity contribution is 4.87. The van der Waals surface area contributed by atoms with Crippen LogP contribution in [-0.2, 0) is 0 Å². The summed E-state index contributed by atoms with van der Waals surface area (Å²) in [5, 5.41) is 2.55. The van der Waals surface area contributed by atoms with Crippen LogP contribution in [0.5, 0.6) is 0 Å². The summed E-state index contributed by atoms with van der Waals surface area (Å²) in [7, 11) is 0. The molecule has 0 aromatic carbocycles. The van der Waals surface area contributed by atoms with Gasteiger partial charge < -0.3 is 0 Å². The third-order valence-electron chi connectivity index (χ3n) is 3.99. The first-order valence-electron chi connectivity index (χ1n) is 7.77. The van der Waals surface area contributed by atoms with Crippen LogP contribution >= 0.6 is 0 Å². The molecule has 0 bridgehead atoms. The summed E-state index contributed by atoms with van der Waals surface area (Å²) in [5.41, 5.74) is 3.66. The Kier molecular flexibility index (Phi) is 6.52. The van der Waals surface area contributed by atoms with Gasteiger partial charge in [-0.05, 0) is 57.8 Å². The maximum atomic E-state index is 3.66. The van der Waals surface area contributed by atoms with E-state index in [1.54, 1.807) is 0 Å². The van der Waals surface area contributed by atoms with Crippen molar-refractivity contribution < 1.29 is 0 Å². The number of nitrogens with zero attached hydrogens (tertiary/aromatic N) is 1. The molecule has 2 rings (SSSR count). The van der Waals surface area contributed by atoms with Gasteiger partial charge in [-0.1, -0.05) is 24.3 Å². The van der Waals surface area contributed by atoms with Gasteiger partial charge in [0, 0.05) is 19.1 Å². The molecule has 18 heavy (non-hydrogen) atoms. The molecule has 1 aliphatic carbocycles. The molecule has 0 atom stereocenters. The van der Waals surface area contributed by atoms with Crippen LogP contribution in [0.25, 0.3) is 0 Å².